The lowest BCUT2D eigenvalue weighted by atomic mass is 10.2. The van der Waals surface area contributed by atoms with Gasteiger partial charge in [-0.25, -0.2) is 4.79 Å². The maximum absolute atomic E-state index is 11.0. The molecule has 0 aromatic heterocycles. The maximum atomic E-state index is 11.0. The van der Waals surface area contributed by atoms with Gasteiger partial charge in [-0.15, -0.1) is 0 Å². The normalized spacial score (nSPS) is 9.38. The number of esters is 1. The summed E-state index contributed by atoms with van der Waals surface area (Å²) in [4.78, 5) is 11.0. The highest BCUT2D eigenvalue weighted by molar-refractivity contribution is 5.90. The number of methoxy groups -OCH3 is 1. The van der Waals surface area contributed by atoms with Gasteiger partial charge in [-0.2, -0.15) is 0 Å². The van der Waals surface area contributed by atoms with Crippen LogP contribution in [0.2, 0.25) is 0 Å². The molecule has 5 heteroatoms. The molecule has 0 atom stereocenters. The van der Waals surface area contributed by atoms with Crippen molar-refractivity contribution in [3.8, 4) is 5.75 Å². The first-order valence-corrected chi connectivity index (χ1v) is 3.57. The van der Waals surface area contributed by atoms with Crippen LogP contribution in [0.15, 0.2) is 18.2 Å². The first kappa shape index (κ1) is 9.34. The van der Waals surface area contributed by atoms with E-state index in [1.807, 2.05) is 0 Å². The van der Waals surface area contributed by atoms with E-state index in [1.165, 1.54) is 25.3 Å². The van der Waals surface area contributed by atoms with Crippen LogP contribution in [0.4, 0.5) is 5.69 Å². The van der Waals surface area contributed by atoms with Crippen molar-refractivity contribution in [1.29, 1.82) is 0 Å². The van der Waals surface area contributed by atoms with E-state index in [1.54, 1.807) is 0 Å². The second kappa shape index (κ2) is 3.77. The Morgan fingerprint density at radius 1 is 1.62 bits per heavy atom. The number of nitrogens with one attached hydrogen (secondary N) is 1. The van der Waals surface area contributed by atoms with E-state index in [2.05, 4.69) is 10.2 Å². The molecule has 1 rings (SSSR count). The first-order chi connectivity index (χ1) is 6.19. The molecule has 0 fully saturated rings. The van der Waals surface area contributed by atoms with E-state index in [4.69, 9.17) is 5.84 Å². The van der Waals surface area contributed by atoms with Crippen LogP contribution in [0.3, 0.4) is 0 Å². The molecule has 5 nitrogen and oxygen atoms in total. The fourth-order valence-corrected chi connectivity index (χ4v) is 0.899. The number of phenolic OH excluding ortho intramolecular Hbond substituents is 1. The molecular weight excluding hydrogens is 172 g/mol. The van der Waals surface area contributed by atoms with Crippen LogP contribution in [0, 0.1) is 0 Å². The zero-order chi connectivity index (χ0) is 9.84. The van der Waals surface area contributed by atoms with Crippen LogP contribution in [-0.2, 0) is 4.74 Å². The second-order valence-electron chi connectivity index (χ2n) is 2.37. The Hall–Kier alpha value is -1.75. The molecule has 0 amide bonds. The molecule has 4 N–H and O–H groups in total. The molecule has 0 saturated carbocycles. The molecule has 0 aliphatic carbocycles. The highest BCUT2D eigenvalue weighted by Gasteiger charge is 2.07. The number of carbonyl (C=O) groups is 1. The summed E-state index contributed by atoms with van der Waals surface area (Å²) in [6, 6.07) is 4.27. The Morgan fingerprint density at radius 3 is 2.77 bits per heavy atom. The lowest BCUT2D eigenvalue weighted by Gasteiger charge is -2.04. The smallest absolute Gasteiger partial charge is 0.337 e. The molecular formula is C8H10N2O3. The Morgan fingerprint density at radius 2 is 2.31 bits per heavy atom. The average molecular weight is 182 g/mol. The number of aromatic hydroxyl groups is 1. The van der Waals surface area contributed by atoms with Crippen molar-refractivity contribution >= 4 is 11.7 Å². The molecule has 0 radical (unpaired) electrons. The molecule has 1 aromatic rings. The molecule has 0 aliphatic rings. The van der Waals surface area contributed by atoms with Gasteiger partial charge in [-0.05, 0) is 18.2 Å². The fourth-order valence-electron chi connectivity index (χ4n) is 0.899. The van der Waals surface area contributed by atoms with Crippen LogP contribution in [0.25, 0.3) is 0 Å². The molecule has 0 aliphatic heterocycles. The van der Waals surface area contributed by atoms with Crippen molar-refractivity contribution in [3.63, 3.8) is 0 Å². The standard InChI is InChI=1S/C8H10N2O3/c1-13-8(12)5-2-3-6(10-9)7(11)4-5/h2-4,10-11H,9H2,1H3. The Kier molecular flexibility index (Phi) is 2.71. The highest BCUT2D eigenvalue weighted by atomic mass is 16.5. The number of hydrogen-bond acceptors (Lipinski definition) is 5. The predicted molar refractivity (Wildman–Crippen MR) is 47.3 cm³/mol. The van der Waals surface area contributed by atoms with Gasteiger partial charge in [0.15, 0.2) is 0 Å². The number of hydrogen-bond donors (Lipinski definition) is 3. The number of ether oxygens (including phenoxy) is 1. The van der Waals surface area contributed by atoms with Crippen LogP contribution < -0.4 is 11.3 Å². The zero-order valence-electron chi connectivity index (χ0n) is 7.07. The van der Waals surface area contributed by atoms with Gasteiger partial charge in [0.25, 0.3) is 0 Å². The summed E-state index contributed by atoms with van der Waals surface area (Å²) in [6.45, 7) is 0. The Labute approximate surface area is 75.1 Å². The van der Waals surface area contributed by atoms with Gasteiger partial charge in [0.1, 0.15) is 5.75 Å². The number of benzene rings is 1. The molecule has 0 unspecified atom stereocenters. The summed E-state index contributed by atoms with van der Waals surface area (Å²) in [7, 11) is 1.27. The third-order valence-electron chi connectivity index (χ3n) is 1.57. The monoisotopic (exact) mass is 182 g/mol. The van der Waals surface area contributed by atoms with Crippen molar-refractivity contribution < 1.29 is 14.6 Å². The van der Waals surface area contributed by atoms with Gasteiger partial charge >= 0.3 is 5.97 Å². The number of nitrogen functional groups attached to an aromatic ring is 1. The minimum absolute atomic E-state index is 0.0922. The van der Waals surface area contributed by atoms with Crippen LogP contribution in [0.5, 0.6) is 5.75 Å². The second-order valence-corrected chi connectivity index (χ2v) is 2.37. The Bertz CT molecular complexity index is 325. The van der Waals surface area contributed by atoms with Crippen molar-refractivity contribution in [2.45, 2.75) is 0 Å². The van der Waals surface area contributed by atoms with E-state index in [-0.39, 0.29) is 11.3 Å². The number of anilines is 1. The quantitative estimate of drug-likeness (QED) is 0.268. The number of hydrazine groups is 1. The lowest BCUT2D eigenvalue weighted by molar-refractivity contribution is 0.0600. The lowest BCUT2D eigenvalue weighted by Crippen LogP contribution is -2.07. The van der Waals surface area contributed by atoms with Crippen molar-refractivity contribution in [1.82, 2.24) is 0 Å². The van der Waals surface area contributed by atoms with E-state index >= 15 is 0 Å². The van der Waals surface area contributed by atoms with Gasteiger partial charge in [0, 0.05) is 0 Å². The summed E-state index contributed by atoms with van der Waals surface area (Å²) >= 11 is 0. The topological polar surface area (TPSA) is 84.6 Å². The largest absolute Gasteiger partial charge is 0.506 e. The molecule has 70 valence electrons. The summed E-state index contributed by atoms with van der Waals surface area (Å²) in [5, 5.41) is 9.29. The third kappa shape index (κ3) is 1.88. The molecule has 0 spiro atoms. The summed E-state index contributed by atoms with van der Waals surface area (Å²) in [5.74, 6) is 4.49. The van der Waals surface area contributed by atoms with Gasteiger partial charge in [-0.3, -0.25) is 5.84 Å². The number of phenols is 1. The number of nitrogens with two attached hydrogens (primary N) is 1. The summed E-state index contributed by atoms with van der Waals surface area (Å²) in [6.07, 6.45) is 0. The number of rotatable bonds is 2. The van der Waals surface area contributed by atoms with E-state index in [9.17, 15) is 9.90 Å². The number of carbonyl (C=O) groups excluding carboxylic acids is 1. The summed E-state index contributed by atoms with van der Waals surface area (Å²) < 4.78 is 4.46. The van der Waals surface area contributed by atoms with Crippen molar-refractivity contribution in [2.75, 3.05) is 12.5 Å². The molecule has 0 heterocycles. The van der Waals surface area contributed by atoms with Crippen LogP contribution >= 0.6 is 0 Å². The highest BCUT2D eigenvalue weighted by Crippen LogP contribution is 2.23. The average Bonchev–Trinajstić information content (AvgIpc) is 2.16. The molecule has 13 heavy (non-hydrogen) atoms. The van der Waals surface area contributed by atoms with Crippen LogP contribution in [0.1, 0.15) is 10.4 Å². The molecule has 0 bridgehead atoms. The fraction of sp³-hybridized carbons (Fsp3) is 0.125. The molecule has 0 saturated heterocycles. The SMILES string of the molecule is COC(=O)c1ccc(NN)c(O)c1. The van der Waals surface area contributed by atoms with Crippen molar-refractivity contribution in [3.05, 3.63) is 23.8 Å². The maximum Gasteiger partial charge on any atom is 0.337 e. The molecule has 1 aromatic carbocycles. The zero-order valence-corrected chi connectivity index (χ0v) is 7.07. The first-order valence-electron chi connectivity index (χ1n) is 3.57. The van der Waals surface area contributed by atoms with Gasteiger partial charge in [0.05, 0.1) is 18.4 Å². The minimum atomic E-state index is -0.501. The van der Waals surface area contributed by atoms with Crippen LogP contribution in [-0.4, -0.2) is 18.2 Å². The van der Waals surface area contributed by atoms with E-state index in [0.717, 1.165) is 0 Å². The van der Waals surface area contributed by atoms with E-state index < -0.39 is 5.97 Å². The van der Waals surface area contributed by atoms with E-state index in [0.29, 0.717) is 5.69 Å². The predicted octanol–water partition coefficient (Wildman–Crippen LogP) is 0.464. The summed E-state index contributed by atoms with van der Waals surface area (Å²) in [5.41, 5.74) is 2.91. The van der Waals surface area contributed by atoms with Gasteiger partial charge in [-0.1, -0.05) is 0 Å². The van der Waals surface area contributed by atoms with Gasteiger partial charge in [0.2, 0.25) is 0 Å². The van der Waals surface area contributed by atoms with Gasteiger partial charge < -0.3 is 15.3 Å². The van der Waals surface area contributed by atoms with Crippen molar-refractivity contribution in [2.24, 2.45) is 5.84 Å². The Balaban J connectivity index is 3.02. The minimum Gasteiger partial charge on any atom is -0.506 e. The third-order valence-corrected chi connectivity index (χ3v) is 1.57.